The molecular weight excluding hydrogens is 466 g/mol. The Kier molecular flexibility index (Phi) is 6.86. The summed E-state index contributed by atoms with van der Waals surface area (Å²) in [4.78, 5) is 12.4. The van der Waals surface area contributed by atoms with Gasteiger partial charge in [-0.05, 0) is 54.1 Å². The molecule has 10 heteroatoms. The number of nitro benzene ring substituents is 1. The molecule has 176 valence electrons. The fourth-order valence-corrected chi connectivity index (χ4v) is 3.95. The van der Waals surface area contributed by atoms with E-state index in [4.69, 9.17) is 5.14 Å². The van der Waals surface area contributed by atoms with Gasteiger partial charge in [-0.25, -0.2) is 13.6 Å². The maximum Gasteiger partial charge on any atom is 0.295 e. The van der Waals surface area contributed by atoms with Gasteiger partial charge >= 0.3 is 0 Å². The molecule has 0 spiro atoms. The molecule has 9 nitrogen and oxygen atoms in total. The summed E-state index contributed by atoms with van der Waals surface area (Å²) in [5, 5.41) is 20.5. The van der Waals surface area contributed by atoms with E-state index in [1.165, 1.54) is 18.3 Å². The number of para-hydroxylation sites is 2. The summed E-state index contributed by atoms with van der Waals surface area (Å²) < 4.78 is 23.0. The van der Waals surface area contributed by atoms with Gasteiger partial charge in [0.05, 0.1) is 16.0 Å². The summed E-state index contributed by atoms with van der Waals surface area (Å²) in [7, 11) is -4.07. The minimum absolute atomic E-state index is 0.0367. The van der Waals surface area contributed by atoms with Crippen LogP contribution in [0.25, 0.3) is 0 Å². The first-order chi connectivity index (χ1) is 16.8. The van der Waals surface area contributed by atoms with E-state index < -0.39 is 20.6 Å². The molecule has 0 unspecified atom stereocenters. The number of hydrogen-bond donors (Lipinski definition) is 2. The number of rotatable bonds is 8. The molecule has 0 aliphatic carbocycles. The Morgan fingerprint density at radius 1 is 0.829 bits per heavy atom. The highest BCUT2D eigenvalue weighted by Crippen LogP contribution is 2.34. The van der Waals surface area contributed by atoms with Crippen molar-refractivity contribution >= 4 is 44.7 Å². The van der Waals surface area contributed by atoms with E-state index in [0.29, 0.717) is 0 Å². The van der Waals surface area contributed by atoms with Gasteiger partial charge in [-0.3, -0.25) is 15.5 Å². The number of nitrogens with two attached hydrogens (primary N) is 1. The zero-order valence-corrected chi connectivity index (χ0v) is 19.2. The summed E-state index contributed by atoms with van der Waals surface area (Å²) in [5.74, 6) is 0. The number of anilines is 4. The molecule has 4 rings (SSSR count). The molecule has 0 aliphatic rings. The smallest absolute Gasteiger partial charge is 0.295 e. The Bertz CT molecular complexity index is 1420. The molecule has 4 aromatic carbocycles. The van der Waals surface area contributed by atoms with Gasteiger partial charge in [0.25, 0.3) is 5.69 Å². The molecule has 0 amide bonds. The van der Waals surface area contributed by atoms with Crippen LogP contribution in [0.1, 0.15) is 5.56 Å². The second-order valence-electron chi connectivity index (χ2n) is 7.45. The van der Waals surface area contributed by atoms with E-state index in [2.05, 4.69) is 15.4 Å². The number of primary sulfonamides is 1. The molecular formula is C25H21N5O4S. The van der Waals surface area contributed by atoms with Gasteiger partial charge in [0, 0.05) is 23.1 Å². The lowest BCUT2D eigenvalue weighted by Crippen LogP contribution is -2.12. The van der Waals surface area contributed by atoms with Crippen LogP contribution in [-0.2, 0) is 10.0 Å². The van der Waals surface area contributed by atoms with Crippen molar-refractivity contribution in [1.82, 2.24) is 0 Å². The summed E-state index contributed by atoms with van der Waals surface area (Å²) in [5.41, 5.74) is 5.90. The van der Waals surface area contributed by atoms with Gasteiger partial charge in [-0.15, -0.1) is 0 Å². The number of benzene rings is 4. The van der Waals surface area contributed by atoms with Crippen LogP contribution >= 0.6 is 0 Å². The standard InChI is InChI=1S/C25H21N5O4S/c26-35(33,34)23-15-16-24(25(17-23)30(31)32)28-27-18-19-11-13-22(14-12-19)29(20-7-3-1-4-8-20)21-9-5-2-6-10-21/h1-18,28H,(H2,26,33,34)/b27-18-. The predicted molar refractivity (Wildman–Crippen MR) is 137 cm³/mol. The lowest BCUT2D eigenvalue weighted by atomic mass is 10.1. The van der Waals surface area contributed by atoms with Crippen molar-refractivity contribution < 1.29 is 13.3 Å². The number of nitro groups is 1. The largest absolute Gasteiger partial charge is 0.311 e. The highest BCUT2D eigenvalue weighted by atomic mass is 32.2. The van der Waals surface area contributed by atoms with E-state index in [0.717, 1.165) is 28.7 Å². The molecule has 0 saturated carbocycles. The fraction of sp³-hybridized carbons (Fsp3) is 0. The predicted octanol–water partition coefficient (Wildman–Crippen LogP) is 5.16. The highest BCUT2D eigenvalue weighted by Gasteiger charge is 2.19. The van der Waals surface area contributed by atoms with Crippen LogP contribution in [0.2, 0.25) is 0 Å². The SMILES string of the molecule is NS(=O)(=O)c1ccc(N/N=C\c2ccc(N(c3ccccc3)c3ccccc3)cc2)c([N+](=O)[O-])c1. The minimum atomic E-state index is -4.07. The van der Waals surface area contributed by atoms with Gasteiger partial charge in [0.2, 0.25) is 10.0 Å². The molecule has 0 atom stereocenters. The molecule has 0 aromatic heterocycles. The number of nitrogens with one attached hydrogen (secondary N) is 1. The molecule has 0 radical (unpaired) electrons. The van der Waals surface area contributed by atoms with Gasteiger partial charge in [-0.2, -0.15) is 5.10 Å². The quantitative estimate of drug-likeness (QED) is 0.201. The molecule has 0 fully saturated rings. The molecule has 3 N–H and O–H groups in total. The fourth-order valence-electron chi connectivity index (χ4n) is 3.42. The monoisotopic (exact) mass is 487 g/mol. The number of sulfonamides is 1. The topological polar surface area (TPSA) is 131 Å². The number of nitrogens with zero attached hydrogens (tertiary/aromatic N) is 3. The Balaban J connectivity index is 1.56. The highest BCUT2D eigenvalue weighted by molar-refractivity contribution is 7.89. The van der Waals surface area contributed by atoms with E-state index in [9.17, 15) is 18.5 Å². The Hall–Kier alpha value is -4.54. The molecule has 35 heavy (non-hydrogen) atoms. The van der Waals surface area contributed by atoms with Crippen LogP contribution < -0.4 is 15.5 Å². The van der Waals surface area contributed by atoms with Crippen molar-refractivity contribution in [2.45, 2.75) is 4.90 Å². The summed E-state index contributed by atoms with van der Waals surface area (Å²) in [6, 6.07) is 30.9. The van der Waals surface area contributed by atoms with Gasteiger partial charge < -0.3 is 4.90 Å². The Labute approximate surface area is 202 Å². The van der Waals surface area contributed by atoms with Crippen molar-refractivity contribution in [3.8, 4) is 0 Å². The first-order valence-corrected chi connectivity index (χ1v) is 12.0. The van der Waals surface area contributed by atoms with Crippen molar-refractivity contribution in [2.24, 2.45) is 10.2 Å². The third-order valence-corrected chi connectivity index (χ3v) is 5.98. The molecule has 0 saturated heterocycles. The average molecular weight is 488 g/mol. The molecule has 0 aliphatic heterocycles. The normalized spacial score (nSPS) is 11.3. The second kappa shape index (κ2) is 10.2. The van der Waals surface area contributed by atoms with Gasteiger partial charge in [0.1, 0.15) is 5.69 Å². The van der Waals surface area contributed by atoms with Crippen LogP contribution in [-0.4, -0.2) is 19.6 Å². The van der Waals surface area contributed by atoms with Crippen LogP contribution in [0.4, 0.5) is 28.4 Å². The minimum Gasteiger partial charge on any atom is -0.311 e. The van der Waals surface area contributed by atoms with E-state index >= 15 is 0 Å². The second-order valence-corrected chi connectivity index (χ2v) is 9.01. The zero-order valence-electron chi connectivity index (χ0n) is 18.4. The molecule has 0 heterocycles. The van der Waals surface area contributed by atoms with Crippen molar-refractivity contribution in [3.63, 3.8) is 0 Å². The zero-order chi connectivity index (χ0) is 24.8. The van der Waals surface area contributed by atoms with Gasteiger partial charge in [-0.1, -0.05) is 48.5 Å². The molecule has 4 aromatic rings. The molecule has 0 bridgehead atoms. The first kappa shape index (κ1) is 23.6. The number of hydrazone groups is 1. The summed E-state index contributed by atoms with van der Waals surface area (Å²) >= 11 is 0. The average Bonchev–Trinajstić information content (AvgIpc) is 2.86. The van der Waals surface area contributed by atoms with Crippen LogP contribution in [0.3, 0.4) is 0 Å². The van der Waals surface area contributed by atoms with Crippen molar-refractivity contribution in [3.05, 3.63) is 119 Å². The Morgan fingerprint density at radius 2 is 1.37 bits per heavy atom. The first-order valence-electron chi connectivity index (χ1n) is 10.4. The van der Waals surface area contributed by atoms with Gasteiger partial charge in [0.15, 0.2) is 0 Å². The van der Waals surface area contributed by atoms with Crippen LogP contribution in [0.15, 0.2) is 113 Å². The van der Waals surface area contributed by atoms with E-state index in [-0.39, 0.29) is 10.6 Å². The van der Waals surface area contributed by atoms with Crippen LogP contribution in [0.5, 0.6) is 0 Å². The lowest BCUT2D eigenvalue weighted by molar-refractivity contribution is -0.384. The number of hydrogen-bond acceptors (Lipinski definition) is 7. The Morgan fingerprint density at radius 3 is 1.89 bits per heavy atom. The van der Waals surface area contributed by atoms with Crippen molar-refractivity contribution in [2.75, 3.05) is 10.3 Å². The maximum absolute atomic E-state index is 11.5. The van der Waals surface area contributed by atoms with Crippen LogP contribution in [0, 0.1) is 10.1 Å². The van der Waals surface area contributed by atoms with E-state index in [1.807, 2.05) is 84.9 Å². The lowest BCUT2D eigenvalue weighted by Gasteiger charge is -2.25. The third-order valence-electron chi connectivity index (χ3n) is 5.07. The third kappa shape index (κ3) is 5.69. The summed E-state index contributed by atoms with van der Waals surface area (Å²) in [6.07, 6.45) is 1.51. The maximum atomic E-state index is 11.5. The summed E-state index contributed by atoms with van der Waals surface area (Å²) in [6.45, 7) is 0. The van der Waals surface area contributed by atoms with Crippen molar-refractivity contribution in [1.29, 1.82) is 0 Å². The van der Waals surface area contributed by atoms with E-state index in [1.54, 1.807) is 0 Å².